The van der Waals surface area contributed by atoms with Crippen LogP contribution in [-0.2, 0) is 21.4 Å². The lowest BCUT2D eigenvalue weighted by atomic mass is 9.98. The molecule has 1 heterocycles. The third kappa shape index (κ3) is 4.79. The Balaban J connectivity index is 1.71. The van der Waals surface area contributed by atoms with Crippen molar-refractivity contribution in [1.82, 2.24) is 9.21 Å². The third-order valence-corrected chi connectivity index (χ3v) is 7.25. The van der Waals surface area contributed by atoms with Gasteiger partial charge in [0.05, 0.1) is 17.9 Å². The van der Waals surface area contributed by atoms with E-state index in [1.165, 1.54) is 4.31 Å². The summed E-state index contributed by atoms with van der Waals surface area (Å²) in [6.45, 7) is 3.00. The molecule has 1 atom stereocenters. The second-order valence-corrected chi connectivity index (χ2v) is 9.46. The summed E-state index contributed by atoms with van der Waals surface area (Å²) in [5, 5.41) is 0. The van der Waals surface area contributed by atoms with E-state index in [0.29, 0.717) is 25.9 Å². The molecule has 29 heavy (non-hydrogen) atoms. The van der Waals surface area contributed by atoms with Gasteiger partial charge in [0.1, 0.15) is 5.75 Å². The molecule has 0 spiro atoms. The maximum atomic E-state index is 13.0. The number of carbonyl (C=O) groups is 1. The van der Waals surface area contributed by atoms with Gasteiger partial charge in [-0.15, -0.1) is 0 Å². The van der Waals surface area contributed by atoms with E-state index in [1.54, 1.807) is 43.3 Å². The van der Waals surface area contributed by atoms with Crippen LogP contribution >= 0.6 is 0 Å². The Labute approximate surface area is 173 Å². The second kappa shape index (κ2) is 8.97. The Morgan fingerprint density at radius 1 is 1.17 bits per heavy atom. The van der Waals surface area contributed by atoms with E-state index in [4.69, 9.17) is 4.74 Å². The van der Waals surface area contributed by atoms with Gasteiger partial charge in [0.15, 0.2) is 0 Å². The van der Waals surface area contributed by atoms with E-state index >= 15 is 0 Å². The molecule has 0 unspecified atom stereocenters. The molecule has 0 N–H and O–H groups in total. The predicted octanol–water partition coefficient (Wildman–Crippen LogP) is 3.06. The Hall–Kier alpha value is -2.38. The zero-order valence-corrected chi connectivity index (χ0v) is 18.0. The van der Waals surface area contributed by atoms with Crippen molar-refractivity contribution in [3.8, 4) is 5.75 Å². The number of hydrogen-bond acceptors (Lipinski definition) is 4. The van der Waals surface area contributed by atoms with Crippen LogP contribution in [0.3, 0.4) is 0 Å². The van der Waals surface area contributed by atoms with Gasteiger partial charge >= 0.3 is 0 Å². The van der Waals surface area contributed by atoms with Crippen LogP contribution in [-0.4, -0.2) is 50.8 Å². The third-order valence-electron chi connectivity index (χ3n) is 5.37. The van der Waals surface area contributed by atoms with Crippen LogP contribution in [0, 0.1) is 12.8 Å². The average molecular weight is 417 g/mol. The standard InChI is InChI=1S/C22H28N2O4S/c1-17-10-12-20(13-11-17)29(26,27)24-14-6-8-19(16-24)22(25)23(2)15-18-7-4-5-9-21(18)28-3/h4-5,7,9-13,19H,6,8,14-16H2,1-3H3/t19-/m0/s1. The molecule has 1 saturated heterocycles. The van der Waals surface area contributed by atoms with Crippen molar-refractivity contribution in [2.45, 2.75) is 31.2 Å². The minimum Gasteiger partial charge on any atom is -0.496 e. The van der Waals surface area contributed by atoms with Crippen molar-refractivity contribution < 1.29 is 17.9 Å². The number of benzene rings is 2. The summed E-state index contributed by atoms with van der Waals surface area (Å²) in [7, 11) is -0.239. The molecule has 3 rings (SSSR count). The molecule has 6 nitrogen and oxygen atoms in total. The molecule has 1 aliphatic rings. The molecule has 2 aromatic rings. The molecule has 0 bridgehead atoms. The highest BCUT2D eigenvalue weighted by Gasteiger charge is 2.34. The molecule has 0 aromatic heterocycles. The first-order valence-corrected chi connectivity index (χ1v) is 11.2. The van der Waals surface area contributed by atoms with Gasteiger partial charge in [-0.2, -0.15) is 4.31 Å². The molecule has 0 saturated carbocycles. The van der Waals surface area contributed by atoms with Gasteiger partial charge in [-0.05, 0) is 38.0 Å². The lowest BCUT2D eigenvalue weighted by Crippen LogP contribution is -2.45. The number of carbonyl (C=O) groups excluding carboxylic acids is 1. The molecule has 156 valence electrons. The lowest BCUT2D eigenvalue weighted by Gasteiger charge is -2.33. The monoisotopic (exact) mass is 416 g/mol. The Bertz CT molecular complexity index is 957. The number of para-hydroxylation sites is 1. The number of nitrogens with zero attached hydrogens (tertiary/aromatic N) is 2. The summed E-state index contributed by atoms with van der Waals surface area (Å²) in [6, 6.07) is 14.4. The predicted molar refractivity (Wildman–Crippen MR) is 112 cm³/mol. The van der Waals surface area contributed by atoms with Crippen molar-refractivity contribution in [2.75, 3.05) is 27.2 Å². The van der Waals surface area contributed by atoms with Crippen LogP contribution in [0.5, 0.6) is 5.75 Å². The minimum atomic E-state index is -3.60. The molecule has 1 aliphatic heterocycles. The summed E-state index contributed by atoms with van der Waals surface area (Å²) < 4.78 is 32.8. The van der Waals surface area contributed by atoms with Gasteiger partial charge in [-0.1, -0.05) is 35.9 Å². The van der Waals surface area contributed by atoms with Crippen molar-refractivity contribution >= 4 is 15.9 Å². The maximum absolute atomic E-state index is 13.0. The summed E-state index contributed by atoms with van der Waals surface area (Å²) in [6.07, 6.45) is 1.36. The number of piperidine rings is 1. The van der Waals surface area contributed by atoms with Crippen LogP contribution in [0.4, 0.5) is 0 Å². The number of hydrogen-bond donors (Lipinski definition) is 0. The topological polar surface area (TPSA) is 66.9 Å². The van der Waals surface area contributed by atoms with E-state index < -0.39 is 10.0 Å². The SMILES string of the molecule is COc1ccccc1CN(C)C(=O)[C@H]1CCCN(S(=O)(=O)c2ccc(C)cc2)C1. The Morgan fingerprint density at radius 3 is 2.55 bits per heavy atom. The highest BCUT2D eigenvalue weighted by atomic mass is 32.2. The smallest absolute Gasteiger partial charge is 0.243 e. The molecule has 7 heteroatoms. The first kappa shape index (κ1) is 21.3. The summed E-state index contributed by atoms with van der Waals surface area (Å²) in [5.74, 6) is 0.350. The van der Waals surface area contributed by atoms with E-state index in [0.717, 1.165) is 16.9 Å². The first-order chi connectivity index (χ1) is 13.8. The van der Waals surface area contributed by atoms with Gasteiger partial charge < -0.3 is 9.64 Å². The first-order valence-electron chi connectivity index (χ1n) is 9.76. The lowest BCUT2D eigenvalue weighted by molar-refractivity contribution is -0.135. The van der Waals surface area contributed by atoms with E-state index in [1.807, 2.05) is 31.2 Å². The van der Waals surface area contributed by atoms with Crippen molar-refractivity contribution in [3.05, 3.63) is 59.7 Å². The summed E-state index contributed by atoms with van der Waals surface area (Å²) in [5.41, 5.74) is 1.93. The number of ether oxygens (including phenoxy) is 1. The normalized spacial score (nSPS) is 17.7. The van der Waals surface area contributed by atoms with E-state index in [2.05, 4.69) is 0 Å². The minimum absolute atomic E-state index is 0.0419. The van der Waals surface area contributed by atoms with Crippen molar-refractivity contribution in [3.63, 3.8) is 0 Å². The van der Waals surface area contributed by atoms with E-state index in [-0.39, 0.29) is 23.3 Å². The number of aryl methyl sites for hydroxylation is 1. The van der Waals surface area contributed by atoms with Gasteiger partial charge in [-0.25, -0.2) is 8.42 Å². The zero-order valence-electron chi connectivity index (χ0n) is 17.2. The largest absolute Gasteiger partial charge is 0.496 e. The van der Waals surface area contributed by atoms with Gasteiger partial charge in [0, 0.05) is 32.2 Å². The average Bonchev–Trinajstić information content (AvgIpc) is 2.74. The number of sulfonamides is 1. The highest BCUT2D eigenvalue weighted by molar-refractivity contribution is 7.89. The van der Waals surface area contributed by atoms with Crippen LogP contribution in [0.25, 0.3) is 0 Å². The number of rotatable bonds is 6. The van der Waals surface area contributed by atoms with Crippen LogP contribution in [0.2, 0.25) is 0 Å². The summed E-state index contributed by atoms with van der Waals surface area (Å²) in [4.78, 5) is 15.0. The van der Waals surface area contributed by atoms with Gasteiger partial charge in [-0.3, -0.25) is 4.79 Å². The molecular weight excluding hydrogens is 388 g/mol. The van der Waals surface area contributed by atoms with Crippen LogP contribution in [0.15, 0.2) is 53.4 Å². The second-order valence-electron chi connectivity index (χ2n) is 7.52. The number of methoxy groups -OCH3 is 1. The van der Waals surface area contributed by atoms with Crippen molar-refractivity contribution in [2.24, 2.45) is 5.92 Å². The molecule has 2 aromatic carbocycles. The Kier molecular flexibility index (Phi) is 6.59. The fourth-order valence-corrected chi connectivity index (χ4v) is 5.22. The van der Waals surface area contributed by atoms with Gasteiger partial charge in [0.25, 0.3) is 0 Å². The molecular formula is C22H28N2O4S. The maximum Gasteiger partial charge on any atom is 0.243 e. The fourth-order valence-electron chi connectivity index (χ4n) is 3.70. The Morgan fingerprint density at radius 2 is 1.86 bits per heavy atom. The van der Waals surface area contributed by atoms with E-state index in [9.17, 15) is 13.2 Å². The molecule has 1 fully saturated rings. The van der Waals surface area contributed by atoms with Gasteiger partial charge in [0.2, 0.25) is 15.9 Å². The zero-order chi connectivity index (χ0) is 21.0. The summed E-state index contributed by atoms with van der Waals surface area (Å²) >= 11 is 0. The van der Waals surface area contributed by atoms with Crippen molar-refractivity contribution in [1.29, 1.82) is 0 Å². The quantitative estimate of drug-likeness (QED) is 0.726. The molecule has 0 aliphatic carbocycles. The molecule has 1 amide bonds. The van der Waals surface area contributed by atoms with Crippen LogP contribution in [0.1, 0.15) is 24.0 Å². The van der Waals surface area contributed by atoms with Crippen LogP contribution < -0.4 is 4.74 Å². The molecule has 0 radical (unpaired) electrons. The highest BCUT2D eigenvalue weighted by Crippen LogP contribution is 2.26. The number of amides is 1. The fraction of sp³-hybridized carbons (Fsp3) is 0.409.